The summed E-state index contributed by atoms with van der Waals surface area (Å²) in [7, 11) is 0. The van der Waals surface area contributed by atoms with Gasteiger partial charge in [0.2, 0.25) is 0 Å². The zero-order chi connectivity index (χ0) is 9.26. The van der Waals surface area contributed by atoms with Crippen LogP contribution in [0.2, 0.25) is 0 Å². The van der Waals surface area contributed by atoms with E-state index in [0.29, 0.717) is 0 Å². The van der Waals surface area contributed by atoms with Crippen LogP contribution < -0.4 is 0 Å². The van der Waals surface area contributed by atoms with E-state index in [2.05, 4.69) is 23.7 Å². The lowest BCUT2D eigenvalue weighted by molar-refractivity contribution is 1.05. The molecule has 0 fully saturated rings. The summed E-state index contributed by atoms with van der Waals surface area (Å²) in [6.07, 6.45) is 0. The lowest BCUT2D eigenvalue weighted by Gasteiger charge is -2.04. The zero-order valence-electron chi connectivity index (χ0n) is 7.53. The molecule has 1 aliphatic heterocycles. The van der Waals surface area contributed by atoms with Crippen LogP contribution in [0.1, 0.15) is 17.9 Å². The van der Waals surface area contributed by atoms with Gasteiger partial charge in [-0.25, -0.2) is 0 Å². The Hall–Kier alpha value is -1.02. The number of allylic oxidation sites excluding steroid dienone is 1. The lowest BCUT2D eigenvalue weighted by Crippen LogP contribution is -1.84. The van der Waals surface area contributed by atoms with Gasteiger partial charge in [0.05, 0.1) is 0 Å². The molecule has 0 radical (unpaired) electrons. The minimum absolute atomic E-state index is 0.230. The molecule has 1 aromatic carbocycles. The molecule has 0 bridgehead atoms. The fraction of sp³-hybridized carbons (Fsp3) is 0.182. The molecule has 1 aliphatic rings. The number of benzene rings is 1. The number of aliphatic imine (C=N–C) groups is 1. The predicted octanol–water partition coefficient (Wildman–Crippen LogP) is 3.41. The van der Waals surface area contributed by atoms with Gasteiger partial charge in [-0.3, -0.25) is 4.99 Å². The molecule has 2 heteroatoms. The fourth-order valence-electron chi connectivity index (χ4n) is 1.25. The maximum atomic E-state index is 4.52. The molecule has 1 nitrogen and oxygen atoms in total. The average Bonchev–Trinajstić information content (AvgIpc) is 2.49. The highest BCUT2D eigenvalue weighted by Crippen LogP contribution is 2.41. The van der Waals surface area contributed by atoms with Gasteiger partial charge in [-0.2, -0.15) is 0 Å². The van der Waals surface area contributed by atoms with Crippen LogP contribution in [0.5, 0.6) is 0 Å². The number of thioether (sulfide) groups is 1. The Labute approximate surface area is 82.6 Å². The minimum Gasteiger partial charge on any atom is -0.270 e. The molecular formula is C11H11NS. The normalized spacial score (nSPS) is 21.8. The van der Waals surface area contributed by atoms with Gasteiger partial charge >= 0.3 is 0 Å². The Bertz CT molecular complexity index is 354. The van der Waals surface area contributed by atoms with E-state index in [1.54, 1.807) is 11.8 Å². The smallest absolute Gasteiger partial charge is 0.125 e. The van der Waals surface area contributed by atoms with Crippen LogP contribution in [0.15, 0.2) is 46.8 Å². The van der Waals surface area contributed by atoms with Gasteiger partial charge < -0.3 is 0 Å². The monoisotopic (exact) mass is 189 g/mol. The maximum absolute atomic E-state index is 4.52. The van der Waals surface area contributed by atoms with Gasteiger partial charge in [0.15, 0.2) is 0 Å². The molecule has 1 unspecified atom stereocenters. The van der Waals surface area contributed by atoms with E-state index in [1.807, 2.05) is 25.1 Å². The minimum atomic E-state index is 0.230. The van der Waals surface area contributed by atoms with Crippen LogP contribution in [-0.2, 0) is 0 Å². The lowest BCUT2D eigenvalue weighted by atomic mass is 10.2. The Balaban J connectivity index is 2.27. The van der Waals surface area contributed by atoms with Crippen LogP contribution >= 0.6 is 11.8 Å². The molecule has 66 valence electrons. The van der Waals surface area contributed by atoms with Gasteiger partial charge in [0.25, 0.3) is 0 Å². The van der Waals surface area contributed by atoms with Crippen LogP contribution in [0.25, 0.3) is 0 Å². The van der Waals surface area contributed by atoms with Crippen molar-refractivity contribution in [3.63, 3.8) is 0 Å². The number of hydrogen-bond acceptors (Lipinski definition) is 2. The number of hydrogen-bond donors (Lipinski definition) is 0. The summed E-state index contributed by atoms with van der Waals surface area (Å²) in [5, 5.41) is 0.230. The standard InChI is InChI=1S/C11H11NS/c1-8-9(2)13-11(12-8)10-6-4-3-5-7-10/h3-7,11H,2H2,1H3. The van der Waals surface area contributed by atoms with Crippen molar-refractivity contribution in [1.82, 2.24) is 0 Å². The maximum Gasteiger partial charge on any atom is 0.125 e. The Morgan fingerprint density at radius 3 is 2.54 bits per heavy atom. The molecule has 13 heavy (non-hydrogen) atoms. The van der Waals surface area contributed by atoms with E-state index in [4.69, 9.17) is 0 Å². The summed E-state index contributed by atoms with van der Waals surface area (Å²) in [5.41, 5.74) is 2.32. The summed E-state index contributed by atoms with van der Waals surface area (Å²) >= 11 is 1.73. The first-order valence-electron chi connectivity index (χ1n) is 4.22. The topological polar surface area (TPSA) is 12.4 Å². The van der Waals surface area contributed by atoms with E-state index in [-0.39, 0.29) is 5.37 Å². The van der Waals surface area contributed by atoms with Crippen LogP contribution in [-0.4, -0.2) is 5.71 Å². The summed E-state index contributed by atoms with van der Waals surface area (Å²) in [5.74, 6) is 0. The molecule has 0 aliphatic carbocycles. The van der Waals surface area contributed by atoms with Gasteiger partial charge in [-0.1, -0.05) is 48.7 Å². The predicted molar refractivity (Wildman–Crippen MR) is 59.0 cm³/mol. The second kappa shape index (κ2) is 3.38. The zero-order valence-corrected chi connectivity index (χ0v) is 8.34. The van der Waals surface area contributed by atoms with E-state index in [0.717, 1.165) is 10.6 Å². The van der Waals surface area contributed by atoms with Crippen molar-refractivity contribution in [2.75, 3.05) is 0 Å². The van der Waals surface area contributed by atoms with E-state index in [9.17, 15) is 0 Å². The van der Waals surface area contributed by atoms with Gasteiger partial charge in [-0.15, -0.1) is 0 Å². The van der Waals surface area contributed by atoms with E-state index in [1.165, 1.54) is 5.56 Å². The third-order valence-corrected chi connectivity index (χ3v) is 3.23. The number of rotatable bonds is 1. The third-order valence-electron chi connectivity index (χ3n) is 2.05. The second-order valence-electron chi connectivity index (χ2n) is 3.02. The molecule has 1 aromatic rings. The number of nitrogens with zero attached hydrogens (tertiary/aromatic N) is 1. The van der Waals surface area contributed by atoms with Crippen molar-refractivity contribution >= 4 is 17.5 Å². The molecule has 0 saturated carbocycles. The fourth-order valence-corrected chi connectivity index (χ4v) is 2.25. The first-order valence-corrected chi connectivity index (χ1v) is 5.10. The van der Waals surface area contributed by atoms with Crippen molar-refractivity contribution in [2.24, 2.45) is 4.99 Å². The van der Waals surface area contributed by atoms with Crippen molar-refractivity contribution in [3.05, 3.63) is 47.4 Å². The summed E-state index contributed by atoms with van der Waals surface area (Å²) < 4.78 is 0. The molecular weight excluding hydrogens is 178 g/mol. The molecule has 0 saturated heterocycles. The summed E-state index contributed by atoms with van der Waals surface area (Å²) in [4.78, 5) is 5.61. The van der Waals surface area contributed by atoms with Gasteiger partial charge in [0.1, 0.15) is 5.37 Å². The molecule has 1 heterocycles. The molecule has 0 spiro atoms. The first-order chi connectivity index (χ1) is 6.27. The van der Waals surface area contributed by atoms with Crippen molar-refractivity contribution in [3.8, 4) is 0 Å². The molecule has 0 amide bonds. The quantitative estimate of drug-likeness (QED) is 0.659. The SMILES string of the molecule is C=C1SC(c2ccccc2)N=C1C. The van der Waals surface area contributed by atoms with Crippen LogP contribution in [0.4, 0.5) is 0 Å². The largest absolute Gasteiger partial charge is 0.270 e. The van der Waals surface area contributed by atoms with Gasteiger partial charge in [-0.05, 0) is 12.5 Å². The van der Waals surface area contributed by atoms with Crippen molar-refractivity contribution < 1.29 is 0 Å². The van der Waals surface area contributed by atoms with Crippen LogP contribution in [0, 0.1) is 0 Å². The van der Waals surface area contributed by atoms with Gasteiger partial charge in [0, 0.05) is 10.6 Å². The highest BCUT2D eigenvalue weighted by Gasteiger charge is 2.19. The highest BCUT2D eigenvalue weighted by molar-refractivity contribution is 8.04. The Kier molecular flexibility index (Phi) is 2.23. The van der Waals surface area contributed by atoms with Crippen LogP contribution in [0.3, 0.4) is 0 Å². The van der Waals surface area contributed by atoms with E-state index < -0.39 is 0 Å². The van der Waals surface area contributed by atoms with Crippen molar-refractivity contribution in [1.29, 1.82) is 0 Å². The summed E-state index contributed by atoms with van der Waals surface area (Å²) in [6.45, 7) is 5.96. The Morgan fingerprint density at radius 2 is 2.00 bits per heavy atom. The Morgan fingerprint density at radius 1 is 1.31 bits per heavy atom. The van der Waals surface area contributed by atoms with Crippen molar-refractivity contribution in [2.45, 2.75) is 12.3 Å². The van der Waals surface area contributed by atoms with E-state index >= 15 is 0 Å². The first kappa shape index (κ1) is 8.57. The average molecular weight is 189 g/mol. The molecule has 1 atom stereocenters. The highest BCUT2D eigenvalue weighted by atomic mass is 32.2. The molecule has 2 rings (SSSR count). The summed E-state index contributed by atoms with van der Waals surface area (Å²) in [6, 6.07) is 10.3. The molecule has 0 aromatic heterocycles. The third kappa shape index (κ3) is 1.68. The second-order valence-corrected chi connectivity index (χ2v) is 4.19. The molecule has 0 N–H and O–H groups in total.